The summed E-state index contributed by atoms with van der Waals surface area (Å²) in [5, 5.41) is 10.5. The number of ether oxygens (including phenoxy) is 1. The van der Waals surface area contributed by atoms with Gasteiger partial charge in [0.05, 0.1) is 19.8 Å². The Morgan fingerprint density at radius 3 is 2.59 bits per heavy atom. The van der Waals surface area contributed by atoms with E-state index in [0.29, 0.717) is 13.1 Å². The third-order valence-corrected chi connectivity index (χ3v) is 7.52. The SMILES string of the molecule is COc1ccc2c(c1)CC1=C2C2(CN(C(=O)CCl)C2)CN(Cc2ccc(C)cc2)C1CO. The van der Waals surface area contributed by atoms with Gasteiger partial charge in [-0.1, -0.05) is 35.9 Å². The molecule has 1 amide bonds. The second-order valence-corrected chi connectivity index (χ2v) is 9.62. The van der Waals surface area contributed by atoms with Gasteiger partial charge in [-0.2, -0.15) is 0 Å². The molecule has 1 saturated heterocycles. The highest BCUT2D eigenvalue weighted by molar-refractivity contribution is 6.27. The fraction of sp³-hybridized carbons (Fsp3) is 0.423. The highest BCUT2D eigenvalue weighted by atomic mass is 35.5. The van der Waals surface area contributed by atoms with E-state index in [4.69, 9.17) is 16.3 Å². The van der Waals surface area contributed by atoms with Crippen molar-refractivity contribution in [2.45, 2.75) is 25.9 Å². The minimum absolute atomic E-state index is 0.0123. The maximum atomic E-state index is 12.3. The van der Waals surface area contributed by atoms with Gasteiger partial charge >= 0.3 is 0 Å². The maximum Gasteiger partial charge on any atom is 0.237 e. The summed E-state index contributed by atoms with van der Waals surface area (Å²) in [5.41, 5.74) is 7.44. The van der Waals surface area contributed by atoms with Gasteiger partial charge in [-0.15, -0.1) is 11.6 Å². The van der Waals surface area contributed by atoms with E-state index in [0.717, 1.165) is 25.3 Å². The average molecular weight is 453 g/mol. The molecule has 3 aliphatic rings. The number of nitrogens with zero attached hydrogens (tertiary/aromatic N) is 2. The molecule has 2 aromatic rings. The van der Waals surface area contributed by atoms with Crippen LogP contribution >= 0.6 is 11.6 Å². The third kappa shape index (κ3) is 3.43. The molecule has 1 spiro atoms. The molecule has 1 fully saturated rings. The number of benzene rings is 2. The number of aliphatic hydroxyl groups excluding tert-OH is 1. The summed E-state index contributed by atoms with van der Waals surface area (Å²) in [6, 6.07) is 14.8. The minimum atomic E-state index is -0.132. The molecule has 0 radical (unpaired) electrons. The van der Waals surface area contributed by atoms with Crippen molar-refractivity contribution < 1.29 is 14.6 Å². The number of aryl methyl sites for hydroxylation is 1. The quantitative estimate of drug-likeness (QED) is 0.707. The Bertz CT molecular complexity index is 1070. The lowest BCUT2D eigenvalue weighted by Gasteiger charge is -2.57. The van der Waals surface area contributed by atoms with Crippen LogP contribution < -0.4 is 4.74 Å². The number of fused-ring (bicyclic) bond motifs is 3. The van der Waals surface area contributed by atoms with Crippen molar-refractivity contribution in [3.8, 4) is 5.75 Å². The molecular weight excluding hydrogens is 424 g/mol. The Hall–Kier alpha value is -2.34. The summed E-state index contributed by atoms with van der Waals surface area (Å²) in [6.45, 7) is 5.09. The summed E-state index contributed by atoms with van der Waals surface area (Å²) in [4.78, 5) is 16.5. The van der Waals surface area contributed by atoms with Gasteiger partial charge in [-0.3, -0.25) is 9.69 Å². The van der Waals surface area contributed by atoms with Crippen LogP contribution in [0.4, 0.5) is 0 Å². The predicted molar refractivity (Wildman–Crippen MR) is 126 cm³/mol. The second kappa shape index (κ2) is 8.22. The number of hydrogen-bond donors (Lipinski definition) is 1. The van der Waals surface area contributed by atoms with Crippen LogP contribution in [0, 0.1) is 12.3 Å². The minimum Gasteiger partial charge on any atom is -0.497 e. The van der Waals surface area contributed by atoms with E-state index < -0.39 is 0 Å². The molecule has 0 bridgehead atoms. The molecule has 168 valence electrons. The van der Waals surface area contributed by atoms with Gasteiger partial charge in [0.25, 0.3) is 0 Å². The Labute approximate surface area is 194 Å². The van der Waals surface area contributed by atoms with E-state index in [1.165, 1.54) is 33.4 Å². The number of rotatable bonds is 5. The number of alkyl halides is 1. The number of methoxy groups -OCH3 is 1. The van der Waals surface area contributed by atoms with E-state index in [-0.39, 0.29) is 29.9 Å². The number of hydrogen-bond acceptors (Lipinski definition) is 4. The zero-order chi connectivity index (χ0) is 22.5. The van der Waals surface area contributed by atoms with Gasteiger partial charge in [0, 0.05) is 31.6 Å². The van der Waals surface area contributed by atoms with Crippen molar-refractivity contribution in [1.29, 1.82) is 0 Å². The lowest BCUT2D eigenvalue weighted by molar-refractivity contribution is -0.139. The smallest absolute Gasteiger partial charge is 0.237 e. The standard InChI is InChI=1S/C26H29ClN2O3/c1-17-3-5-18(6-4-17)12-28-14-26(15-29(16-26)24(31)11-27)25-21-8-7-20(32-2)9-19(21)10-22(25)23(28)13-30/h3-9,23,30H,10-16H2,1-2H3. The van der Waals surface area contributed by atoms with Crippen molar-refractivity contribution in [2.75, 3.05) is 39.2 Å². The third-order valence-electron chi connectivity index (χ3n) is 7.30. The molecule has 1 N–H and O–H groups in total. The summed E-state index contributed by atoms with van der Waals surface area (Å²) in [5.74, 6) is 0.853. The van der Waals surface area contributed by atoms with Crippen LogP contribution in [0.1, 0.15) is 22.3 Å². The molecule has 1 atom stereocenters. The van der Waals surface area contributed by atoms with Gasteiger partial charge in [0.2, 0.25) is 5.91 Å². The van der Waals surface area contributed by atoms with Crippen molar-refractivity contribution >= 4 is 23.1 Å². The van der Waals surface area contributed by atoms with E-state index >= 15 is 0 Å². The molecule has 1 unspecified atom stereocenters. The first-order valence-corrected chi connectivity index (χ1v) is 11.7. The van der Waals surface area contributed by atoms with Crippen LogP contribution in [0.15, 0.2) is 48.0 Å². The fourth-order valence-electron chi connectivity index (χ4n) is 5.79. The van der Waals surface area contributed by atoms with Gasteiger partial charge < -0.3 is 14.7 Å². The summed E-state index contributed by atoms with van der Waals surface area (Å²) < 4.78 is 5.47. The number of aliphatic hydroxyl groups is 1. The van der Waals surface area contributed by atoms with Crippen LogP contribution in [0.2, 0.25) is 0 Å². The largest absolute Gasteiger partial charge is 0.497 e. The molecule has 1 aliphatic carbocycles. The lowest BCUT2D eigenvalue weighted by atomic mass is 9.67. The lowest BCUT2D eigenvalue weighted by Crippen LogP contribution is -2.66. The number of halogens is 1. The van der Waals surface area contributed by atoms with Crippen molar-refractivity contribution in [3.63, 3.8) is 0 Å². The normalized spacial score (nSPS) is 21.4. The highest BCUT2D eigenvalue weighted by Gasteiger charge is 2.55. The van der Waals surface area contributed by atoms with E-state index in [9.17, 15) is 9.90 Å². The molecule has 0 saturated carbocycles. The molecule has 32 heavy (non-hydrogen) atoms. The molecule has 5 nitrogen and oxygen atoms in total. The first-order chi connectivity index (χ1) is 15.5. The number of amides is 1. The van der Waals surface area contributed by atoms with Crippen LogP contribution in [0.5, 0.6) is 5.75 Å². The van der Waals surface area contributed by atoms with Crippen LogP contribution in [-0.2, 0) is 17.8 Å². The fourth-order valence-corrected chi connectivity index (χ4v) is 5.95. The van der Waals surface area contributed by atoms with Gasteiger partial charge in [-0.05, 0) is 53.3 Å². The zero-order valence-corrected chi connectivity index (χ0v) is 19.4. The second-order valence-electron chi connectivity index (χ2n) is 9.35. The van der Waals surface area contributed by atoms with Crippen LogP contribution in [-0.4, -0.2) is 66.1 Å². The zero-order valence-electron chi connectivity index (χ0n) is 18.6. The molecular formula is C26H29ClN2O3. The summed E-state index contributed by atoms with van der Waals surface area (Å²) in [6.07, 6.45) is 0.808. The predicted octanol–water partition coefficient (Wildman–Crippen LogP) is 3.26. The highest BCUT2D eigenvalue weighted by Crippen LogP contribution is 2.54. The number of carbonyl (C=O) groups is 1. The molecule has 2 aromatic carbocycles. The van der Waals surface area contributed by atoms with Crippen molar-refractivity contribution in [2.24, 2.45) is 5.41 Å². The van der Waals surface area contributed by atoms with Gasteiger partial charge in [0.1, 0.15) is 11.6 Å². The molecule has 2 aliphatic heterocycles. The topological polar surface area (TPSA) is 53.0 Å². The van der Waals surface area contributed by atoms with E-state index in [2.05, 4.69) is 48.2 Å². The Kier molecular flexibility index (Phi) is 5.52. The summed E-state index contributed by atoms with van der Waals surface area (Å²) >= 11 is 5.85. The average Bonchev–Trinajstić information content (AvgIpc) is 3.16. The number of carbonyl (C=O) groups excluding carboxylic acids is 1. The van der Waals surface area contributed by atoms with Crippen LogP contribution in [0.25, 0.3) is 5.57 Å². The molecule has 0 aromatic heterocycles. The van der Waals surface area contributed by atoms with Gasteiger partial charge in [0.15, 0.2) is 0 Å². The molecule has 6 heteroatoms. The van der Waals surface area contributed by atoms with Gasteiger partial charge in [-0.25, -0.2) is 0 Å². The summed E-state index contributed by atoms with van der Waals surface area (Å²) in [7, 11) is 1.69. The number of likely N-dealkylation sites (tertiary alicyclic amines) is 1. The van der Waals surface area contributed by atoms with E-state index in [1.54, 1.807) is 7.11 Å². The molecule has 5 rings (SSSR count). The molecule has 2 heterocycles. The first-order valence-electron chi connectivity index (χ1n) is 11.1. The Morgan fingerprint density at radius 1 is 1.19 bits per heavy atom. The van der Waals surface area contributed by atoms with Crippen molar-refractivity contribution in [1.82, 2.24) is 9.80 Å². The maximum absolute atomic E-state index is 12.3. The Morgan fingerprint density at radius 2 is 1.94 bits per heavy atom. The van der Waals surface area contributed by atoms with E-state index in [1.807, 2.05) is 11.0 Å². The first kappa shape index (κ1) is 21.5. The van der Waals surface area contributed by atoms with Crippen molar-refractivity contribution in [3.05, 3.63) is 70.3 Å². The Balaban J connectivity index is 1.54. The van der Waals surface area contributed by atoms with Crippen LogP contribution in [0.3, 0.4) is 0 Å². The monoisotopic (exact) mass is 452 g/mol.